The van der Waals surface area contributed by atoms with E-state index >= 15 is 0 Å². The summed E-state index contributed by atoms with van der Waals surface area (Å²) in [5, 5.41) is 4.69. The average Bonchev–Trinajstić information content (AvgIpc) is 3.78. The number of hydrogen-bond donors (Lipinski definition) is 0. The molecule has 1 aliphatic rings. The largest absolute Gasteiger partial charge is 0.455 e. The minimum atomic E-state index is 0.893. The Hall–Kier alpha value is -8.92. The van der Waals surface area contributed by atoms with Crippen LogP contribution >= 0.6 is 0 Å². The number of hydrogen-bond acceptors (Lipinski definition) is 3. The standard InChI is InChI=1S/C64H44N2O/c1-44-19-14-15-42-65(60-34-10-6-24-50(44)60)61-35-11-7-28-56(61)54-26-4-5-27-55(54)57-29-8-12-36-62(57)66(49-23-16-22-47(43-49)52-31-17-21-45-20-2-3-25-51(45)52)48-40-38-46(39-41-48)53-32-18-33-59-58-30-9-13-37-63(58)67-64(53)59/h2-43H,1H2/b19-14-,42-15-. The Balaban J connectivity index is 1.03. The quantitative estimate of drug-likeness (QED) is 0.152. The van der Waals surface area contributed by atoms with Crippen molar-refractivity contribution >= 4 is 66.7 Å². The highest BCUT2D eigenvalue weighted by Gasteiger charge is 2.23. The van der Waals surface area contributed by atoms with Crippen LogP contribution in [0.2, 0.25) is 0 Å². The van der Waals surface area contributed by atoms with Crippen molar-refractivity contribution in [2.75, 3.05) is 9.80 Å². The number of rotatable bonds is 8. The van der Waals surface area contributed by atoms with E-state index in [1.807, 2.05) is 12.1 Å². The van der Waals surface area contributed by atoms with Gasteiger partial charge in [0.15, 0.2) is 0 Å². The fraction of sp³-hybridized carbons (Fsp3) is 0. The first-order valence-electron chi connectivity index (χ1n) is 22.8. The lowest BCUT2D eigenvalue weighted by Gasteiger charge is -2.30. The minimum absolute atomic E-state index is 0.893. The maximum Gasteiger partial charge on any atom is 0.143 e. The van der Waals surface area contributed by atoms with E-state index in [1.54, 1.807) is 0 Å². The van der Waals surface area contributed by atoms with Crippen LogP contribution in [0.25, 0.3) is 82.8 Å². The number of para-hydroxylation sites is 5. The second-order valence-corrected chi connectivity index (χ2v) is 16.9. The molecule has 11 aromatic rings. The van der Waals surface area contributed by atoms with Crippen molar-refractivity contribution in [2.45, 2.75) is 0 Å². The molecule has 1 aliphatic heterocycles. The summed E-state index contributed by atoms with van der Waals surface area (Å²) >= 11 is 0. The van der Waals surface area contributed by atoms with Crippen LogP contribution in [0.5, 0.6) is 0 Å². The van der Waals surface area contributed by atoms with Gasteiger partial charge in [0.05, 0.1) is 17.1 Å². The lowest BCUT2D eigenvalue weighted by atomic mass is 9.91. The molecule has 0 amide bonds. The van der Waals surface area contributed by atoms with Crippen molar-refractivity contribution in [3.05, 3.63) is 267 Å². The fourth-order valence-electron chi connectivity index (χ4n) is 9.89. The summed E-state index contributed by atoms with van der Waals surface area (Å²) in [4.78, 5) is 4.70. The SMILES string of the molecule is C=C1/C=C\C=C/N(c2ccccc2-c2ccccc2-c2ccccc2N(c2ccc(-c3cccc4c3oc3ccccc34)cc2)c2cccc(-c3cccc4ccccc34)c2)c2ccccc21. The molecule has 0 atom stereocenters. The lowest BCUT2D eigenvalue weighted by molar-refractivity contribution is 0.670. The highest BCUT2D eigenvalue weighted by molar-refractivity contribution is 6.10. The van der Waals surface area contributed by atoms with Gasteiger partial charge < -0.3 is 14.2 Å². The molecule has 0 saturated carbocycles. The van der Waals surface area contributed by atoms with Crippen LogP contribution in [0.1, 0.15) is 5.56 Å². The van der Waals surface area contributed by atoms with E-state index in [1.165, 1.54) is 16.3 Å². The molecule has 67 heavy (non-hydrogen) atoms. The topological polar surface area (TPSA) is 19.6 Å². The van der Waals surface area contributed by atoms with E-state index in [-0.39, 0.29) is 0 Å². The first-order chi connectivity index (χ1) is 33.2. The molecule has 12 rings (SSSR count). The van der Waals surface area contributed by atoms with Crippen LogP contribution in [-0.2, 0) is 0 Å². The maximum absolute atomic E-state index is 6.51. The van der Waals surface area contributed by atoms with Crippen molar-refractivity contribution in [1.82, 2.24) is 0 Å². The van der Waals surface area contributed by atoms with E-state index in [4.69, 9.17) is 4.42 Å². The van der Waals surface area contributed by atoms with E-state index in [0.29, 0.717) is 0 Å². The monoisotopic (exact) mass is 856 g/mol. The zero-order valence-electron chi connectivity index (χ0n) is 36.8. The molecular weight excluding hydrogens is 813 g/mol. The molecule has 3 heteroatoms. The highest BCUT2D eigenvalue weighted by atomic mass is 16.3. The third kappa shape index (κ3) is 7.11. The molecule has 316 valence electrons. The van der Waals surface area contributed by atoms with E-state index in [9.17, 15) is 0 Å². The van der Waals surface area contributed by atoms with Gasteiger partial charge in [-0.25, -0.2) is 0 Å². The Labute approximate surface area is 390 Å². The Morgan fingerprint density at radius 2 is 0.970 bits per heavy atom. The summed E-state index contributed by atoms with van der Waals surface area (Å²) in [6, 6.07) is 82.6. The average molecular weight is 857 g/mol. The Kier molecular flexibility index (Phi) is 10.00. The second-order valence-electron chi connectivity index (χ2n) is 16.9. The van der Waals surface area contributed by atoms with Crippen molar-refractivity contribution < 1.29 is 4.42 Å². The smallest absolute Gasteiger partial charge is 0.143 e. The molecule has 0 radical (unpaired) electrons. The van der Waals surface area contributed by atoms with Crippen LogP contribution in [0.4, 0.5) is 28.4 Å². The minimum Gasteiger partial charge on any atom is -0.455 e. The van der Waals surface area contributed by atoms with Gasteiger partial charge in [0.25, 0.3) is 0 Å². The number of allylic oxidation sites excluding steroid dienone is 4. The molecule has 0 unspecified atom stereocenters. The molecule has 10 aromatic carbocycles. The third-order valence-corrected chi connectivity index (χ3v) is 13.0. The highest BCUT2D eigenvalue weighted by Crippen LogP contribution is 2.48. The molecule has 0 fully saturated rings. The third-order valence-electron chi connectivity index (χ3n) is 13.0. The summed E-state index contributed by atoms with van der Waals surface area (Å²) in [6.07, 6.45) is 8.38. The van der Waals surface area contributed by atoms with Gasteiger partial charge in [-0.2, -0.15) is 0 Å². The summed E-state index contributed by atoms with van der Waals surface area (Å²) in [7, 11) is 0. The van der Waals surface area contributed by atoms with Crippen LogP contribution in [-0.4, -0.2) is 0 Å². The number of fused-ring (bicyclic) bond motifs is 5. The molecule has 1 aromatic heterocycles. The van der Waals surface area contributed by atoms with Gasteiger partial charge in [0, 0.05) is 50.6 Å². The first kappa shape index (κ1) is 39.7. The Bertz CT molecular complexity index is 3730. The molecule has 0 spiro atoms. The molecule has 2 heterocycles. The van der Waals surface area contributed by atoms with Gasteiger partial charge in [0.2, 0.25) is 0 Å². The van der Waals surface area contributed by atoms with Gasteiger partial charge >= 0.3 is 0 Å². The molecule has 0 N–H and O–H groups in total. The van der Waals surface area contributed by atoms with Gasteiger partial charge in [-0.1, -0.05) is 201 Å². The summed E-state index contributed by atoms with van der Waals surface area (Å²) in [5.74, 6) is 0. The predicted octanol–water partition coefficient (Wildman–Crippen LogP) is 18.1. The first-order valence-corrected chi connectivity index (χ1v) is 22.8. The predicted molar refractivity (Wildman–Crippen MR) is 284 cm³/mol. The summed E-state index contributed by atoms with van der Waals surface area (Å²) in [5.41, 5.74) is 18.2. The van der Waals surface area contributed by atoms with E-state index < -0.39 is 0 Å². The van der Waals surface area contributed by atoms with Crippen LogP contribution in [0.3, 0.4) is 0 Å². The van der Waals surface area contributed by atoms with E-state index in [0.717, 1.165) is 100 Å². The van der Waals surface area contributed by atoms with Crippen molar-refractivity contribution in [3.63, 3.8) is 0 Å². The van der Waals surface area contributed by atoms with Gasteiger partial charge in [0.1, 0.15) is 11.2 Å². The van der Waals surface area contributed by atoms with E-state index in [2.05, 4.69) is 259 Å². The van der Waals surface area contributed by atoms with Crippen LogP contribution in [0, 0.1) is 0 Å². The molecule has 0 aliphatic carbocycles. The Morgan fingerprint density at radius 1 is 0.388 bits per heavy atom. The molecule has 0 saturated heterocycles. The summed E-state index contributed by atoms with van der Waals surface area (Å²) < 4.78 is 6.51. The number of anilines is 5. The fourth-order valence-corrected chi connectivity index (χ4v) is 9.89. The number of benzene rings is 10. The zero-order valence-corrected chi connectivity index (χ0v) is 36.8. The van der Waals surface area contributed by atoms with Crippen LogP contribution < -0.4 is 9.80 Å². The van der Waals surface area contributed by atoms with Crippen molar-refractivity contribution in [1.29, 1.82) is 0 Å². The number of nitrogens with zero attached hydrogens (tertiary/aromatic N) is 2. The number of furan rings is 1. The van der Waals surface area contributed by atoms with Gasteiger partial charge in [-0.05, 0) is 98.8 Å². The molecular formula is C64H44N2O. The zero-order chi connectivity index (χ0) is 44.7. The lowest BCUT2D eigenvalue weighted by Crippen LogP contribution is -2.13. The van der Waals surface area contributed by atoms with Gasteiger partial charge in [-0.3, -0.25) is 0 Å². The van der Waals surface area contributed by atoms with Crippen molar-refractivity contribution in [3.8, 4) is 44.5 Å². The van der Waals surface area contributed by atoms with Gasteiger partial charge in [-0.15, -0.1) is 0 Å². The maximum atomic E-state index is 6.51. The Morgan fingerprint density at radius 3 is 1.81 bits per heavy atom. The normalized spacial score (nSPS) is 13.3. The van der Waals surface area contributed by atoms with Crippen LogP contribution in [0.15, 0.2) is 266 Å². The molecule has 0 bridgehead atoms. The van der Waals surface area contributed by atoms with Crippen molar-refractivity contribution in [2.24, 2.45) is 0 Å². The second kappa shape index (κ2) is 16.9. The molecule has 3 nitrogen and oxygen atoms in total. The summed E-state index contributed by atoms with van der Waals surface area (Å²) in [6.45, 7) is 4.42.